The van der Waals surface area contributed by atoms with Crippen LogP contribution in [0.1, 0.15) is 24.9 Å². The number of carbonyl (C=O) groups is 1. The van der Waals surface area contributed by atoms with Gasteiger partial charge in [-0.1, -0.05) is 29.8 Å². The predicted octanol–water partition coefficient (Wildman–Crippen LogP) is 2.68. The van der Waals surface area contributed by atoms with E-state index < -0.39 is 0 Å². The maximum atomic E-state index is 11.6. The number of likely N-dealkylation sites (N-methyl/N-ethyl adjacent to an activating group) is 1. The predicted molar refractivity (Wildman–Crippen MR) is 88.6 cm³/mol. The second-order valence-corrected chi connectivity index (χ2v) is 5.89. The molecule has 128 valence electrons. The molecule has 1 heterocycles. The summed E-state index contributed by atoms with van der Waals surface area (Å²) in [6.07, 6.45) is 0.217. The standard InChI is InChI=1S/C17H24ClNO4/c1-3-22-16(20)8-9-19(2)17(15-12-21-10-11-23-15)13-6-4-5-7-14(13)18/h4-7,15,17H,3,8-12H2,1-2H3. The first-order valence-electron chi connectivity index (χ1n) is 7.93. The van der Waals surface area contributed by atoms with Gasteiger partial charge in [0.2, 0.25) is 0 Å². The van der Waals surface area contributed by atoms with E-state index in [1.54, 1.807) is 6.92 Å². The Bertz CT molecular complexity index is 505. The largest absolute Gasteiger partial charge is 0.466 e. The smallest absolute Gasteiger partial charge is 0.307 e. The molecule has 6 heteroatoms. The van der Waals surface area contributed by atoms with Gasteiger partial charge in [-0.15, -0.1) is 0 Å². The van der Waals surface area contributed by atoms with E-state index in [9.17, 15) is 4.79 Å². The maximum absolute atomic E-state index is 11.6. The minimum Gasteiger partial charge on any atom is -0.466 e. The van der Waals surface area contributed by atoms with Crippen molar-refractivity contribution in [1.29, 1.82) is 0 Å². The molecule has 2 atom stereocenters. The van der Waals surface area contributed by atoms with Gasteiger partial charge in [-0.25, -0.2) is 0 Å². The summed E-state index contributed by atoms with van der Waals surface area (Å²) in [7, 11) is 1.96. The highest BCUT2D eigenvalue weighted by Crippen LogP contribution is 2.32. The van der Waals surface area contributed by atoms with Crippen LogP contribution in [0.2, 0.25) is 5.02 Å². The molecule has 1 aromatic carbocycles. The van der Waals surface area contributed by atoms with Crippen LogP contribution in [0, 0.1) is 0 Å². The SMILES string of the molecule is CCOC(=O)CCN(C)C(c1ccccc1Cl)C1COCCO1. The van der Waals surface area contributed by atoms with Crippen LogP contribution in [0.15, 0.2) is 24.3 Å². The average Bonchev–Trinajstić information content (AvgIpc) is 2.56. The molecule has 0 spiro atoms. The number of benzene rings is 1. The lowest BCUT2D eigenvalue weighted by Gasteiger charge is -2.37. The van der Waals surface area contributed by atoms with Crippen molar-refractivity contribution in [2.75, 3.05) is 40.0 Å². The van der Waals surface area contributed by atoms with E-state index >= 15 is 0 Å². The summed E-state index contributed by atoms with van der Waals surface area (Å²) >= 11 is 6.38. The van der Waals surface area contributed by atoms with Gasteiger partial charge in [-0.2, -0.15) is 0 Å². The van der Waals surface area contributed by atoms with Crippen molar-refractivity contribution in [3.63, 3.8) is 0 Å². The molecule has 0 aliphatic carbocycles. The Labute approximate surface area is 142 Å². The first-order valence-corrected chi connectivity index (χ1v) is 8.31. The number of rotatable bonds is 7. The van der Waals surface area contributed by atoms with Crippen LogP contribution < -0.4 is 0 Å². The molecule has 2 rings (SSSR count). The molecule has 2 unspecified atom stereocenters. The van der Waals surface area contributed by atoms with Crippen LogP contribution in [0.25, 0.3) is 0 Å². The number of ether oxygens (including phenoxy) is 3. The summed E-state index contributed by atoms with van der Waals surface area (Å²) in [5.74, 6) is -0.196. The number of carbonyl (C=O) groups excluding carboxylic acids is 1. The number of esters is 1. The summed E-state index contributed by atoms with van der Waals surface area (Å²) in [5, 5.41) is 0.689. The molecule has 1 saturated heterocycles. The normalized spacial score (nSPS) is 19.6. The fourth-order valence-electron chi connectivity index (χ4n) is 2.76. The van der Waals surface area contributed by atoms with E-state index in [1.165, 1.54) is 0 Å². The molecule has 0 aromatic heterocycles. The molecule has 0 amide bonds. The molecular weight excluding hydrogens is 318 g/mol. The Hall–Kier alpha value is -1.14. The van der Waals surface area contributed by atoms with Gasteiger partial charge in [0.15, 0.2) is 0 Å². The van der Waals surface area contributed by atoms with Crippen molar-refractivity contribution in [3.8, 4) is 0 Å². The molecule has 1 aromatic rings. The fourth-order valence-corrected chi connectivity index (χ4v) is 3.01. The molecule has 0 saturated carbocycles. The second-order valence-electron chi connectivity index (χ2n) is 5.49. The van der Waals surface area contributed by atoms with Crippen molar-refractivity contribution in [2.24, 2.45) is 0 Å². The van der Waals surface area contributed by atoms with Crippen molar-refractivity contribution >= 4 is 17.6 Å². The van der Waals surface area contributed by atoms with Crippen LogP contribution in [0.3, 0.4) is 0 Å². The zero-order chi connectivity index (χ0) is 16.7. The lowest BCUT2D eigenvalue weighted by atomic mass is 9.99. The summed E-state index contributed by atoms with van der Waals surface area (Å²) in [5.41, 5.74) is 0.982. The van der Waals surface area contributed by atoms with Gasteiger partial charge in [0.1, 0.15) is 6.10 Å². The maximum Gasteiger partial charge on any atom is 0.307 e. The molecule has 1 aliphatic rings. The summed E-state index contributed by atoms with van der Waals surface area (Å²) < 4.78 is 16.4. The first-order chi connectivity index (χ1) is 11.1. The number of nitrogens with zero attached hydrogens (tertiary/aromatic N) is 1. The third kappa shape index (κ3) is 5.18. The van der Waals surface area contributed by atoms with Crippen LogP contribution >= 0.6 is 11.6 Å². The zero-order valence-corrected chi connectivity index (χ0v) is 14.4. The summed E-state index contributed by atoms with van der Waals surface area (Å²) in [6, 6.07) is 7.65. The Morgan fingerprint density at radius 2 is 2.22 bits per heavy atom. The van der Waals surface area contributed by atoms with Gasteiger partial charge in [-0.3, -0.25) is 9.69 Å². The van der Waals surface area contributed by atoms with Gasteiger partial charge < -0.3 is 14.2 Å². The van der Waals surface area contributed by atoms with Crippen molar-refractivity contribution in [1.82, 2.24) is 4.90 Å². The lowest BCUT2D eigenvalue weighted by Crippen LogP contribution is -2.42. The molecular formula is C17H24ClNO4. The lowest BCUT2D eigenvalue weighted by molar-refractivity contribution is -0.144. The molecule has 1 fully saturated rings. The van der Waals surface area contributed by atoms with Crippen LogP contribution in [0.5, 0.6) is 0 Å². The van der Waals surface area contributed by atoms with Crippen LogP contribution in [-0.4, -0.2) is 57.0 Å². The second kappa shape index (κ2) is 9.23. The average molecular weight is 342 g/mol. The molecule has 0 N–H and O–H groups in total. The van der Waals surface area contributed by atoms with E-state index in [0.717, 1.165) is 5.56 Å². The number of hydrogen-bond donors (Lipinski definition) is 0. The number of hydrogen-bond acceptors (Lipinski definition) is 5. The van der Waals surface area contributed by atoms with Gasteiger partial charge in [0.05, 0.1) is 38.9 Å². The van der Waals surface area contributed by atoms with Gasteiger partial charge in [0.25, 0.3) is 0 Å². The topological polar surface area (TPSA) is 48.0 Å². The number of halogens is 1. The monoisotopic (exact) mass is 341 g/mol. The minimum atomic E-state index is -0.196. The first kappa shape index (κ1) is 18.2. The highest BCUT2D eigenvalue weighted by Gasteiger charge is 2.31. The van der Waals surface area contributed by atoms with E-state index in [4.69, 9.17) is 25.8 Å². The third-order valence-electron chi connectivity index (χ3n) is 3.87. The van der Waals surface area contributed by atoms with Gasteiger partial charge in [-0.05, 0) is 25.6 Å². The fraction of sp³-hybridized carbons (Fsp3) is 0.588. The van der Waals surface area contributed by atoms with Crippen molar-refractivity contribution < 1.29 is 19.0 Å². The Kier molecular flexibility index (Phi) is 7.30. The van der Waals surface area contributed by atoms with E-state index in [-0.39, 0.29) is 18.1 Å². The third-order valence-corrected chi connectivity index (χ3v) is 4.21. The Morgan fingerprint density at radius 3 is 2.87 bits per heavy atom. The quantitative estimate of drug-likeness (QED) is 0.714. The van der Waals surface area contributed by atoms with E-state index in [2.05, 4.69) is 4.90 Å². The Morgan fingerprint density at radius 1 is 1.43 bits per heavy atom. The van der Waals surface area contributed by atoms with Crippen molar-refractivity contribution in [2.45, 2.75) is 25.5 Å². The zero-order valence-electron chi connectivity index (χ0n) is 13.7. The molecule has 5 nitrogen and oxygen atoms in total. The molecule has 23 heavy (non-hydrogen) atoms. The summed E-state index contributed by atoms with van der Waals surface area (Å²) in [4.78, 5) is 13.7. The highest BCUT2D eigenvalue weighted by atomic mass is 35.5. The van der Waals surface area contributed by atoms with Crippen LogP contribution in [-0.2, 0) is 19.0 Å². The van der Waals surface area contributed by atoms with Gasteiger partial charge >= 0.3 is 5.97 Å². The van der Waals surface area contributed by atoms with Crippen molar-refractivity contribution in [3.05, 3.63) is 34.9 Å². The van der Waals surface area contributed by atoms with E-state index in [1.807, 2.05) is 31.3 Å². The molecule has 0 bridgehead atoms. The molecule has 0 radical (unpaired) electrons. The Balaban J connectivity index is 2.12. The molecule has 1 aliphatic heterocycles. The highest BCUT2D eigenvalue weighted by molar-refractivity contribution is 6.31. The minimum absolute atomic E-state index is 0.0709. The van der Waals surface area contributed by atoms with Crippen LogP contribution in [0.4, 0.5) is 0 Å². The van der Waals surface area contributed by atoms with E-state index in [0.29, 0.717) is 44.4 Å². The van der Waals surface area contributed by atoms with Gasteiger partial charge in [0, 0.05) is 11.6 Å². The summed E-state index contributed by atoms with van der Waals surface area (Å²) in [6.45, 7) is 4.46.